The van der Waals surface area contributed by atoms with E-state index in [1.165, 1.54) is 0 Å². The van der Waals surface area contributed by atoms with Crippen LogP contribution in [0, 0.1) is 0 Å². The van der Waals surface area contributed by atoms with Crippen molar-refractivity contribution in [2.45, 2.75) is 24.6 Å². The standard InChI is InChI=1S/C18H17F3N2O/c19-18(20,21)15-7-5-11(6-8-15)14-9-16(23-10-14)12-1-3-13(4-2-12)17(22)24/h1-8,14,16,23H,9-10H2,(H2,22,24). The molecule has 0 radical (unpaired) electrons. The number of benzene rings is 2. The maximum atomic E-state index is 12.6. The zero-order valence-electron chi connectivity index (χ0n) is 12.8. The molecule has 1 aliphatic heterocycles. The lowest BCUT2D eigenvalue weighted by Crippen LogP contribution is -2.14. The summed E-state index contributed by atoms with van der Waals surface area (Å²) < 4.78 is 37.9. The summed E-state index contributed by atoms with van der Waals surface area (Å²) in [4.78, 5) is 11.1. The topological polar surface area (TPSA) is 55.1 Å². The molecule has 1 saturated heterocycles. The van der Waals surface area contributed by atoms with Crippen LogP contribution < -0.4 is 11.1 Å². The number of nitrogens with two attached hydrogens (primary N) is 1. The fraction of sp³-hybridized carbons (Fsp3) is 0.278. The summed E-state index contributed by atoms with van der Waals surface area (Å²) in [5.41, 5.74) is 6.98. The lowest BCUT2D eigenvalue weighted by molar-refractivity contribution is -0.137. The van der Waals surface area contributed by atoms with Gasteiger partial charge >= 0.3 is 6.18 Å². The van der Waals surface area contributed by atoms with Crippen LogP contribution >= 0.6 is 0 Å². The van der Waals surface area contributed by atoms with Gasteiger partial charge in [0.1, 0.15) is 0 Å². The SMILES string of the molecule is NC(=O)c1ccc(C2CC(c3ccc(C(F)(F)F)cc3)CN2)cc1. The van der Waals surface area contributed by atoms with Crippen molar-refractivity contribution in [3.63, 3.8) is 0 Å². The highest BCUT2D eigenvalue weighted by molar-refractivity contribution is 5.92. The van der Waals surface area contributed by atoms with Crippen LogP contribution in [0.4, 0.5) is 13.2 Å². The molecule has 1 amide bonds. The number of hydrogen-bond donors (Lipinski definition) is 2. The number of primary amides is 1. The molecule has 1 heterocycles. The highest BCUT2D eigenvalue weighted by atomic mass is 19.4. The van der Waals surface area contributed by atoms with Gasteiger partial charge in [-0.05, 0) is 47.7 Å². The van der Waals surface area contributed by atoms with Crippen LogP contribution in [0.15, 0.2) is 48.5 Å². The van der Waals surface area contributed by atoms with Gasteiger partial charge in [0.2, 0.25) is 5.91 Å². The lowest BCUT2D eigenvalue weighted by atomic mass is 9.93. The minimum atomic E-state index is -4.31. The van der Waals surface area contributed by atoms with Crippen LogP contribution in [0.2, 0.25) is 0 Å². The predicted octanol–water partition coefficient (Wildman–Crippen LogP) is 3.62. The van der Waals surface area contributed by atoms with Crippen molar-refractivity contribution in [1.82, 2.24) is 5.32 Å². The Morgan fingerprint density at radius 2 is 1.58 bits per heavy atom. The minimum Gasteiger partial charge on any atom is -0.366 e. The Bertz CT molecular complexity index is 723. The molecule has 6 heteroatoms. The number of carbonyl (C=O) groups is 1. The maximum Gasteiger partial charge on any atom is 0.416 e. The summed E-state index contributed by atoms with van der Waals surface area (Å²) in [6, 6.07) is 12.5. The molecule has 3 rings (SSSR count). The van der Waals surface area contributed by atoms with Crippen LogP contribution in [0.1, 0.15) is 45.4 Å². The van der Waals surface area contributed by atoms with E-state index in [0.717, 1.165) is 29.7 Å². The zero-order chi connectivity index (χ0) is 17.3. The monoisotopic (exact) mass is 334 g/mol. The summed E-state index contributed by atoms with van der Waals surface area (Å²) in [7, 11) is 0. The van der Waals surface area contributed by atoms with E-state index >= 15 is 0 Å². The van der Waals surface area contributed by atoms with Gasteiger partial charge < -0.3 is 11.1 Å². The number of carbonyl (C=O) groups excluding carboxylic acids is 1. The molecule has 0 bridgehead atoms. The smallest absolute Gasteiger partial charge is 0.366 e. The van der Waals surface area contributed by atoms with E-state index in [1.54, 1.807) is 24.3 Å². The summed E-state index contributed by atoms with van der Waals surface area (Å²) in [6.07, 6.45) is -3.52. The van der Waals surface area contributed by atoms with E-state index in [-0.39, 0.29) is 12.0 Å². The number of nitrogens with one attached hydrogen (secondary N) is 1. The van der Waals surface area contributed by atoms with Gasteiger partial charge in [-0.3, -0.25) is 4.79 Å². The fourth-order valence-corrected chi connectivity index (χ4v) is 3.07. The third kappa shape index (κ3) is 3.43. The zero-order valence-corrected chi connectivity index (χ0v) is 12.8. The highest BCUT2D eigenvalue weighted by Gasteiger charge is 2.31. The first-order valence-electron chi connectivity index (χ1n) is 7.65. The van der Waals surface area contributed by atoms with Gasteiger partial charge in [-0.2, -0.15) is 13.2 Å². The molecular weight excluding hydrogens is 317 g/mol. The molecule has 0 aromatic heterocycles. The van der Waals surface area contributed by atoms with Gasteiger partial charge in [0, 0.05) is 18.2 Å². The third-order valence-corrected chi connectivity index (χ3v) is 4.44. The van der Waals surface area contributed by atoms with Gasteiger partial charge in [-0.25, -0.2) is 0 Å². The molecular formula is C18H17F3N2O. The van der Waals surface area contributed by atoms with Crippen molar-refractivity contribution < 1.29 is 18.0 Å². The first-order valence-corrected chi connectivity index (χ1v) is 7.65. The molecule has 2 aromatic rings. The Morgan fingerprint density at radius 3 is 2.12 bits per heavy atom. The largest absolute Gasteiger partial charge is 0.416 e. The molecule has 126 valence electrons. The summed E-state index contributed by atoms with van der Waals surface area (Å²) in [5.74, 6) is -0.309. The third-order valence-electron chi connectivity index (χ3n) is 4.44. The molecule has 2 unspecified atom stereocenters. The van der Waals surface area contributed by atoms with Crippen molar-refractivity contribution in [2.75, 3.05) is 6.54 Å². The minimum absolute atomic E-state index is 0.110. The molecule has 1 fully saturated rings. The van der Waals surface area contributed by atoms with Crippen LogP contribution in [-0.4, -0.2) is 12.5 Å². The number of alkyl halides is 3. The van der Waals surface area contributed by atoms with E-state index in [0.29, 0.717) is 12.1 Å². The van der Waals surface area contributed by atoms with Gasteiger partial charge in [0.05, 0.1) is 5.56 Å². The van der Waals surface area contributed by atoms with Gasteiger partial charge in [-0.15, -0.1) is 0 Å². The van der Waals surface area contributed by atoms with Crippen molar-refractivity contribution in [2.24, 2.45) is 5.73 Å². The molecule has 0 aliphatic carbocycles. The second-order valence-electron chi connectivity index (χ2n) is 6.00. The maximum absolute atomic E-state index is 12.6. The number of rotatable bonds is 3. The van der Waals surface area contributed by atoms with Crippen molar-refractivity contribution in [3.05, 3.63) is 70.8 Å². The Balaban J connectivity index is 1.70. The van der Waals surface area contributed by atoms with E-state index < -0.39 is 17.6 Å². The van der Waals surface area contributed by atoms with E-state index in [9.17, 15) is 18.0 Å². The Labute approximate surface area is 137 Å². The molecule has 3 N–H and O–H groups in total. The quantitative estimate of drug-likeness (QED) is 0.901. The molecule has 24 heavy (non-hydrogen) atoms. The van der Waals surface area contributed by atoms with Crippen molar-refractivity contribution in [3.8, 4) is 0 Å². The number of hydrogen-bond acceptors (Lipinski definition) is 2. The normalized spacial score (nSPS) is 21.0. The number of amides is 1. The Morgan fingerprint density at radius 1 is 1.00 bits per heavy atom. The van der Waals surface area contributed by atoms with Crippen LogP contribution in [0.5, 0.6) is 0 Å². The van der Waals surface area contributed by atoms with Crippen molar-refractivity contribution >= 4 is 5.91 Å². The van der Waals surface area contributed by atoms with Gasteiger partial charge in [0.15, 0.2) is 0 Å². The van der Waals surface area contributed by atoms with Gasteiger partial charge in [-0.1, -0.05) is 24.3 Å². The second-order valence-corrected chi connectivity index (χ2v) is 6.00. The first kappa shape index (κ1) is 16.5. The predicted molar refractivity (Wildman–Crippen MR) is 84.5 cm³/mol. The molecule has 0 saturated carbocycles. The molecule has 3 nitrogen and oxygen atoms in total. The Hall–Kier alpha value is -2.34. The van der Waals surface area contributed by atoms with Crippen LogP contribution in [-0.2, 0) is 6.18 Å². The molecule has 0 spiro atoms. The highest BCUT2D eigenvalue weighted by Crippen LogP contribution is 2.35. The van der Waals surface area contributed by atoms with Crippen molar-refractivity contribution in [1.29, 1.82) is 0 Å². The summed E-state index contributed by atoms with van der Waals surface area (Å²) in [5, 5.41) is 3.38. The average molecular weight is 334 g/mol. The van der Waals surface area contributed by atoms with Crippen LogP contribution in [0.25, 0.3) is 0 Å². The van der Waals surface area contributed by atoms with E-state index in [4.69, 9.17) is 5.73 Å². The average Bonchev–Trinajstić information content (AvgIpc) is 3.04. The van der Waals surface area contributed by atoms with Crippen LogP contribution in [0.3, 0.4) is 0 Å². The fourth-order valence-electron chi connectivity index (χ4n) is 3.07. The lowest BCUT2D eigenvalue weighted by Gasteiger charge is -2.13. The molecule has 2 aromatic carbocycles. The van der Waals surface area contributed by atoms with E-state index in [1.807, 2.05) is 12.1 Å². The summed E-state index contributed by atoms with van der Waals surface area (Å²) >= 11 is 0. The first-order chi connectivity index (χ1) is 11.3. The van der Waals surface area contributed by atoms with Gasteiger partial charge in [0.25, 0.3) is 0 Å². The summed E-state index contributed by atoms with van der Waals surface area (Å²) in [6.45, 7) is 0.702. The molecule has 2 atom stereocenters. The number of halogens is 3. The van der Waals surface area contributed by atoms with E-state index in [2.05, 4.69) is 5.32 Å². The Kier molecular flexibility index (Phi) is 4.32. The molecule has 1 aliphatic rings. The second kappa shape index (κ2) is 6.28.